The van der Waals surface area contributed by atoms with Gasteiger partial charge in [0.15, 0.2) is 0 Å². The van der Waals surface area contributed by atoms with E-state index in [0.717, 1.165) is 12.1 Å². The summed E-state index contributed by atoms with van der Waals surface area (Å²) in [6.45, 7) is 0. The molecular weight excluding hydrogens is 411 g/mol. The molecular formula is C19H11BrF3NO2. The van der Waals surface area contributed by atoms with E-state index < -0.39 is 23.4 Å². The molecule has 0 aromatic heterocycles. The van der Waals surface area contributed by atoms with Crippen molar-refractivity contribution in [3.8, 4) is 16.9 Å². The Hall–Kier alpha value is -2.80. The highest BCUT2D eigenvalue weighted by Gasteiger charge is 2.16. The number of rotatable bonds is 3. The van der Waals surface area contributed by atoms with Crippen molar-refractivity contribution in [2.45, 2.75) is 0 Å². The van der Waals surface area contributed by atoms with Crippen molar-refractivity contribution in [3.05, 3.63) is 82.1 Å². The average molecular weight is 422 g/mol. The smallest absolute Gasteiger partial charge is 0.259 e. The molecule has 0 unspecified atom stereocenters. The van der Waals surface area contributed by atoms with Gasteiger partial charge in [0.1, 0.15) is 23.2 Å². The van der Waals surface area contributed by atoms with Crippen LogP contribution in [0.5, 0.6) is 5.75 Å². The van der Waals surface area contributed by atoms with Crippen LogP contribution in [0.3, 0.4) is 0 Å². The van der Waals surface area contributed by atoms with Crippen LogP contribution >= 0.6 is 15.9 Å². The summed E-state index contributed by atoms with van der Waals surface area (Å²) >= 11 is 3.13. The van der Waals surface area contributed by atoms with E-state index in [-0.39, 0.29) is 16.9 Å². The molecule has 1 amide bonds. The van der Waals surface area contributed by atoms with E-state index >= 15 is 0 Å². The van der Waals surface area contributed by atoms with Gasteiger partial charge in [0.05, 0.1) is 11.3 Å². The summed E-state index contributed by atoms with van der Waals surface area (Å²) < 4.78 is 40.5. The zero-order chi connectivity index (χ0) is 18.8. The van der Waals surface area contributed by atoms with Crippen LogP contribution < -0.4 is 5.32 Å². The predicted molar refractivity (Wildman–Crippen MR) is 95.5 cm³/mol. The van der Waals surface area contributed by atoms with E-state index in [9.17, 15) is 23.1 Å². The van der Waals surface area contributed by atoms with Gasteiger partial charge in [-0.25, -0.2) is 13.2 Å². The average Bonchev–Trinajstić information content (AvgIpc) is 2.58. The fourth-order valence-electron chi connectivity index (χ4n) is 2.39. The van der Waals surface area contributed by atoms with E-state index in [1.807, 2.05) is 0 Å². The van der Waals surface area contributed by atoms with Crippen LogP contribution in [-0.4, -0.2) is 11.0 Å². The first kappa shape index (κ1) is 18.0. The van der Waals surface area contributed by atoms with Crippen molar-refractivity contribution in [2.75, 3.05) is 5.32 Å². The van der Waals surface area contributed by atoms with Crippen molar-refractivity contribution < 1.29 is 23.1 Å². The van der Waals surface area contributed by atoms with Crippen LogP contribution in [0, 0.1) is 17.5 Å². The molecule has 0 bridgehead atoms. The number of phenols is 1. The summed E-state index contributed by atoms with van der Waals surface area (Å²) in [6.07, 6.45) is 0. The highest BCUT2D eigenvalue weighted by molar-refractivity contribution is 9.10. The van der Waals surface area contributed by atoms with Crippen LogP contribution in [0.4, 0.5) is 18.9 Å². The lowest BCUT2D eigenvalue weighted by molar-refractivity contribution is 0.102. The first-order valence-corrected chi connectivity index (χ1v) is 8.19. The summed E-state index contributed by atoms with van der Waals surface area (Å²) in [4.78, 5) is 12.5. The first-order valence-electron chi connectivity index (χ1n) is 7.40. The van der Waals surface area contributed by atoms with Gasteiger partial charge in [-0.15, -0.1) is 0 Å². The number of carbonyl (C=O) groups excluding carboxylic acids is 1. The Balaban J connectivity index is 1.95. The van der Waals surface area contributed by atoms with E-state index in [0.29, 0.717) is 15.7 Å². The Bertz CT molecular complexity index is 1010. The van der Waals surface area contributed by atoms with Gasteiger partial charge in [-0.1, -0.05) is 6.07 Å². The zero-order valence-electron chi connectivity index (χ0n) is 13.1. The topological polar surface area (TPSA) is 49.3 Å². The van der Waals surface area contributed by atoms with Gasteiger partial charge < -0.3 is 10.4 Å². The number of hydrogen-bond donors (Lipinski definition) is 2. The largest absolute Gasteiger partial charge is 0.507 e. The summed E-state index contributed by atoms with van der Waals surface area (Å²) in [5.74, 6) is -2.97. The summed E-state index contributed by atoms with van der Waals surface area (Å²) in [5.41, 5.74) is 0.573. The number of amides is 1. The third-order valence-electron chi connectivity index (χ3n) is 3.66. The molecule has 0 saturated heterocycles. The number of phenolic OH excluding ortho intramolecular Hbond substituents is 1. The molecule has 0 aliphatic heterocycles. The monoisotopic (exact) mass is 421 g/mol. The molecule has 3 aromatic carbocycles. The molecule has 0 fully saturated rings. The minimum absolute atomic E-state index is 0.0865. The highest BCUT2D eigenvalue weighted by Crippen LogP contribution is 2.30. The van der Waals surface area contributed by atoms with Crippen molar-refractivity contribution in [2.24, 2.45) is 0 Å². The lowest BCUT2D eigenvalue weighted by Gasteiger charge is -2.11. The molecule has 0 aliphatic carbocycles. The van der Waals surface area contributed by atoms with Crippen LogP contribution in [0.25, 0.3) is 11.1 Å². The highest BCUT2D eigenvalue weighted by atomic mass is 79.9. The third-order valence-corrected chi connectivity index (χ3v) is 4.32. The molecule has 7 heteroatoms. The molecule has 0 radical (unpaired) electrons. The van der Waals surface area contributed by atoms with Gasteiger partial charge in [-0.3, -0.25) is 4.79 Å². The second-order valence-corrected chi connectivity index (χ2v) is 6.29. The molecule has 26 heavy (non-hydrogen) atoms. The van der Waals surface area contributed by atoms with E-state index in [2.05, 4.69) is 21.2 Å². The molecule has 3 rings (SSSR count). The maximum atomic E-state index is 14.0. The van der Waals surface area contributed by atoms with Crippen molar-refractivity contribution in [1.82, 2.24) is 0 Å². The molecule has 2 N–H and O–H groups in total. The van der Waals surface area contributed by atoms with Gasteiger partial charge in [-0.05, 0) is 64.0 Å². The standard InChI is InChI=1S/C19H11BrF3NO2/c20-15-8-11(21)3-5-17(15)24-19(26)14-7-10(1-6-18(14)25)13-4-2-12(22)9-16(13)23/h1-9,25H,(H,24,26). The quantitative estimate of drug-likeness (QED) is 0.587. The number of aromatic hydroxyl groups is 1. The first-order chi connectivity index (χ1) is 12.3. The maximum absolute atomic E-state index is 14.0. The minimum Gasteiger partial charge on any atom is -0.507 e. The van der Waals surface area contributed by atoms with Crippen molar-refractivity contribution in [1.29, 1.82) is 0 Å². The zero-order valence-corrected chi connectivity index (χ0v) is 14.6. The summed E-state index contributed by atoms with van der Waals surface area (Å²) in [7, 11) is 0. The minimum atomic E-state index is -0.789. The molecule has 0 saturated carbocycles. The Morgan fingerprint density at radius 2 is 1.62 bits per heavy atom. The number of nitrogens with one attached hydrogen (secondary N) is 1. The second kappa shape index (κ2) is 7.21. The Morgan fingerprint density at radius 1 is 0.923 bits per heavy atom. The lowest BCUT2D eigenvalue weighted by atomic mass is 10.0. The van der Waals surface area contributed by atoms with Gasteiger partial charge in [0.25, 0.3) is 5.91 Å². The van der Waals surface area contributed by atoms with Crippen LogP contribution in [-0.2, 0) is 0 Å². The predicted octanol–water partition coefficient (Wildman–Crippen LogP) is 5.49. The number of anilines is 1. The van der Waals surface area contributed by atoms with Crippen LogP contribution in [0.1, 0.15) is 10.4 Å². The molecule has 0 spiro atoms. The van der Waals surface area contributed by atoms with Gasteiger partial charge >= 0.3 is 0 Å². The SMILES string of the molecule is O=C(Nc1ccc(F)cc1Br)c1cc(-c2ccc(F)cc2F)ccc1O. The van der Waals surface area contributed by atoms with Crippen LogP contribution in [0.15, 0.2) is 59.1 Å². The van der Waals surface area contributed by atoms with Gasteiger partial charge in [0.2, 0.25) is 0 Å². The normalized spacial score (nSPS) is 10.6. The molecule has 3 aromatic rings. The molecule has 3 nitrogen and oxygen atoms in total. The van der Waals surface area contributed by atoms with Gasteiger partial charge in [-0.2, -0.15) is 0 Å². The van der Waals surface area contributed by atoms with Crippen LogP contribution in [0.2, 0.25) is 0 Å². The van der Waals surface area contributed by atoms with E-state index in [4.69, 9.17) is 0 Å². The number of benzene rings is 3. The van der Waals surface area contributed by atoms with Crippen molar-refractivity contribution >= 4 is 27.5 Å². The van der Waals surface area contributed by atoms with Gasteiger partial charge in [0, 0.05) is 16.1 Å². The maximum Gasteiger partial charge on any atom is 0.259 e. The third kappa shape index (κ3) is 3.72. The Kier molecular flexibility index (Phi) is 4.99. The van der Waals surface area contributed by atoms with Crippen molar-refractivity contribution in [3.63, 3.8) is 0 Å². The Morgan fingerprint density at radius 3 is 2.31 bits per heavy atom. The van der Waals surface area contributed by atoms with E-state index in [1.165, 1.54) is 42.5 Å². The number of halogens is 4. The second-order valence-electron chi connectivity index (χ2n) is 5.43. The number of carbonyl (C=O) groups is 1. The Labute approximate surface area is 155 Å². The molecule has 0 heterocycles. The molecule has 0 aliphatic rings. The molecule has 132 valence electrons. The summed E-state index contributed by atoms with van der Waals surface area (Å²) in [6, 6.07) is 10.7. The fourth-order valence-corrected chi connectivity index (χ4v) is 2.84. The van der Waals surface area contributed by atoms with E-state index in [1.54, 1.807) is 0 Å². The summed E-state index contributed by atoms with van der Waals surface area (Å²) in [5, 5.41) is 12.5. The number of hydrogen-bond acceptors (Lipinski definition) is 2. The fraction of sp³-hybridized carbons (Fsp3) is 0. The molecule has 0 atom stereocenters. The lowest BCUT2D eigenvalue weighted by Crippen LogP contribution is -2.12.